The normalized spacial score (nSPS) is 26.9. The lowest BCUT2D eigenvalue weighted by Gasteiger charge is -2.35. The molecule has 0 bridgehead atoms. The maximum atomic E-state index is 6.20. The van der Waals surface area contributed by atoms with Gasteiger partial charge in [-0.05, 0) is 24.5 Å². The van der Waals surface area contributed by atoms with Crippen LogP contribution in [0.5, 0.6) is 5.75 Å². The van der Waals surface area contributed by atoms with Gasteiger partial charge in [0.15, 0.2) is 6.79 Å². The summed E-state index contributed by atoms with van der Waals surface area (Å²) in [5.74, 6) is 1.57. The zero-order chi connectivity index (χ0) is 14.1. The molecule has 3 rings (SSSR count). The van der Waals surface area contributed by atoms with E-state index in [1.165, 1.54) is 0 Å². The summed E-state index contributed by atoms with van der Waals surface area (Å²) in [7, 11) is 0. The third-order valence-electron chi connectivity index (χ3n) is 3.91. The molecule has 2 N–H and O–H groups in total. The Kier molecular flexibility index (Phi) is 4.17. The molecule has 110 valence electrons. The fourth-order valence-electron chi connectivity index (χ4n) is 3.26. The van der Waals surface area contributed by atoms with E-state index in [4.69, 9.17) is 26.8 Å². The van der Waals surface area contributed by atoms with Crippen molar-refractivity contribution in [3.63, 3.8) is 0 Å². The van der Waals surface area contributed by atoms with Gasteiger partial charge in [0.1, 0.15) is 5.75 Å². The van der Waals surface area contributed by atoms with Gasteiger partial charge in [-0.2, -0.15) is 0 Å². The Balaban J connectivity index is 1.81. The van der Waals surface area contributed by atoms with Crippen LogP contribution in [0.4, 0.5) is 0 Å². The van der Waals surface area contributed by atoms with Gasteiger partial charge in [0.05, 0.1) is 6.61 Å². The third-order valence-corrected chi connectivity index (χ3v) is 4.13. The number of hydrogen-bond acceptors (Lipinski definition) is 4. The van der Waals surface area contributed by atoms with Crippen LogP contribution in [0.3, 0.4) is 0 Å². The first-order valence-corrected chi connectivity index (χ1v) is 7.49. The highest BCUT2D eigenvalue weighted by molar-refractivity contribution is 6.30. The molecule has 1 aromatic carbocycles. The Morgan fingerprint density at radius 1 is 1.40 bits per heavy atom. The number of benzene rings is 1. The monoisotopic (exact) mass is 296 g/mol. The average Bonchev–Trinajstić information content (AvgIpc) is 2.37. The second-order valence-electron chi connectivity index (χ2n) is 5.96. The van der Waals surface area contributed by atoms with E-state index in [1.54, 1.807) is 0 Å². The van der Waals surface area contributed by atoms with E-state index in [0.29, 0.717) is 19.3 Å². The van der Waals surface area contributed by atoms with E-state index in [9.17, 15) is 0 Å². The van der Waals surface area contributed by atoms with Crippen LogP contribution in [-0.2, 0) is 17.9 Å². The predicted octanol–water partition coefficient (Wildman–Crippen LogP) is 2.38. The van der Waals surface area contributed by atoms with Crippen molar-refractivity contribution in [2.24, 2.45) is 11.7 Å². The highest BCUT2D eigenvalue weighted by atomic mass is 35.5. The molecule has 0 radical (unpaired) electrons. The van der Waals surface area contributed by atoms with Crippen LogP contribution in [-0.4, -0.2) is 30.8 Å². The zero-order valence-electron chi connectivity index (χ0n) is 11.8. The zero-order valence-corrected chi connectivity index (χ0v) is 12.5. The van der Waals surface area contributed by atoms with Crippen molar-refractivity contribution in [3.8, 4) is 5.75 Å². The van der Waals surface area contributed by atoms with Gasteiger partial charge >= 0.3 is 0 Å². The summed E-state index contributed by atoms with van der Waals surface area (Å²) >= 11 is 6.20. The Morgan fingerprint density at radius 2 is 2.25 bits per heavy atom. The Hall–Kier alpha value is -0.810. The molecule has 5 heteroatoms. The van der Waals surface area contributed by atoms with Gasteiger partial charge in [-0.15, -0.1) is 0 Å². The molecule has 0 saturated carbocycles. The highest BCUT2D eigenvalue weighted by Crippen LogP contribution is 2.33. The molecule has 0 spiro atoms. The first kappa shape index (κ1) is 14.1. The predicted molar refractivity (Wildman–Crippen MR) is 78.8 cm³/mol. The van der Waals surface area contributed by atoms with E-state index >= 15 is 0 Å². The van der Waals surface area contributed by atoms with Gasteiger partial charge in [-0.1, -0.05) is 18.5 Å². The molecule has 1 aromatic rings. The van der Waals surface area contributed by atoms with E-state index in [0.717, 1.165) is 48.0 Å². The smallest absolute Gasteiger partial charge is 0.189 e. The number of hydrogen-bond donors (Lipinski definition) is 1. The fraction of sp³-hybridized carbons (Fsp3) is 0.600. The molecule has 20 heavy (non-hydrogen) atoms. The maximum absolute atomic E-state index is 6.20. The van der Waals surface area contributed by atoms with Crippen molar-refractivity contribution >= 4 is 11.6 Å². The minimum absolute atomic E-state index is 0.262. The molecular weight excluding hydrogens is 276 g/mol. The fourth-order valence-corrected chi connectivity index (χ4v) is 3.52. The summed E-state index contributed by atoms with van der Waals surface area (Å²) < 4.78 is 11.0. The number of nitrogens with two attached hydrogens (primary N) is 1. The first-order chi connectivity index (χ1) is 9.61. The van der Waals surface area contributed by atoms with Gasteiger partial charge in [0, 0.05) is 41.8 Å². The number of likely N-dealkylation sites (tertiary alicyclic amines) is 1. The van der Waals surface area contributed by atoms with Crippen LogP contribution in [0.2, 0.25) is 5.02 Å². The SMILES string of the molecule is CC1CC(N)CN(Cc2cc(Cl)cc3c2OCOC3)C1. The van der Waals surface area contributed by atoms with Crippen molar-refractivity contribution in [1.82, 2.24) is 4.90 Å². The maximum Gasteiger partial charge on any atom is 0.189 e. The van der Waals surface area contributed by atoms with Crippen molar-refractivity contribution in [1.29, 1.82) is 0 Å². The van der Waals surface area contributed by atoms with Crippen LogP contribution >= 0.6 is 11.6 Å². The molecule has 4 nitrogen and oxygen atoms in total. The molecule has 0 amide bonds. The van der Waals surface area contributed by atoms with Crippen LogP contribution < -0.4 is 10.5 Å². The van der Waals surface area contributed by atoms with E-state index in [-0.39, 0.29) is 6.04 Å². The van der Waals surface area contributed by atoms with Crippen LogP contribution in [0.15, 0.2) is 12.1 Å². The topological polar surface area (TPSA) is 47.7 Å². The Labute approximate surface area is 124 Å². The summed E-state index contributed by atoms with van der Waals surface area (Å²) in [5, 5.41) is 0.738. The van der Waals surface area contributed by atoms with Gasteiger partial charge in [0.25, 0.3) is 0 Å². The molecule has 1 saturated heterocycles. The first-order valence-electron chi connectivity index (χ1n) is 7.11. The molecule has 0 aliphatic carbocycles. The largest absolute Gasteiger partial charge is 0.467 e. The second kappa shape index (κ2) is 5.90. The summed E-state index contributed by atoms with van der Waals surface area (Å²) in [5.41, 5.74) is 8.29. The van der Waals surface area contributed by atoms with Crippen LogP contribution in [0, 0.1) is 5.92 Å². The van der Waals surface area contributed by atoms with E-state index < -0.39 is 0 Å². The minimum Gasteiger partial charge on any atom is -0.467 e. The summed E-state index contributed by atoms with van der Waals surface area (Å²) in [4.78, 5) is 2.39. The van der Waals surface area contributed by atoms with Crippen LogP contribution in [0.1, 0.15) is 24.5 Å². The lowest BCUT2D eigenvalue weighted by Crippen LogP contribution is -2.45. The summed E-state index contributed by atoms with van der Waals surface area (Å²) in [6.45, 7) is 5.98. The number of piperidine rings is 1. The number of rotatable bonds is 2. The summed E-state index contributed by atoms with van der Waals surface area (Å²) in [6, 6.07) is 4.18. The number of fused-ring (bicyclic) bond motifs is 1. The summed E-state index contributed by atoms with van der Waals surface area (Å²) in [6.07, 6.45) is 1.11. The molecule has 2 aliphatic rings. The van der Waals surface area contributed by atoms with Gasteiger partial charge in [-0.25, -0.2) is 0 Å². The van der Waals surface area contributed by atoms with Crippen molar-refractivity contribution in [2.75, 3.05) is 19.9 Å². The van der Waals surface area contributed by atoms with E-state index in [1.807, 2.05) is 12.1 Å². The van der Waals surface area contributed by atoms with Crippen molar-refractivity contribution in [3.05, 3.63) is 28.3 Å². The van der Waals surface area contributed by atoms with Gasteiger partial charge in [-0.3, -0.25) is 4.90 Å². The number of ether oxygens (including phenoxy) is 2. The molecule has 0 aromatic heterocycles. The average molecular weight is 297 g/mol. The standard InChI is InChI=1S/C15H21ClN2O2/c1-10-2-14(17)7-18(5-10)6-11-3-13(16)4-12-8-19-9-20-15(11)12/h3-4,10,14H,2,5-9,17H2,1H3. The lowest BCUT2D eigenvalue weighted by atomic mass is 9.96. The molecule has 2 unspecified atom stereocenters. The van der Waals surface area contributed by atoms with E-state index in [2.05, 4.69) is 11.8 Å². The Bertz CT molecular complexity index is 485. The van der Waals surface area contributed by atoms with Gasteiger partial charge in [0.2, 0.25) is 0 Å². The van der Waals surface area contributed by atoms with Crippen LogP contribution in [0.25, 0.3) is 0 Å². The molecule has 2 atom stereocenters. The molecular formula is C15H21ClN2O2. The Morgan fingerprint density at radius 3 is 3.05 bits per heavy atom. The van der Waals surface area contributed by atoms with Crippen molar-refractivity contribution < 1.29 is 9.47 Å². The lowest BCUT2D eigenvalue weighted by molar-refractivity contribution is -0.0176. The van der Waals surface area contributed by atoms with Gasteiger partial charge < -0.3 is 15.2 Å². The number of halogens is 1. The number of nitrogens with zero attached hydrogens (tertiary/aromatic N) is 1. The quantitative estimate of drug-likeness (QED) is 0.910. The minimum atomic E-state index is 0.262. The molecule has 2 aliphatic heterocycles. The highest BCUT2D eigenvalue weighted by Gasteiger charge is 2.24. The van der Waals surface area contributed by atoms with Crippen molar-refractivity contribution in [2.45, 2.75) is 32.5 Å². The third kappa shape index (κ3) is 3.09. The molecule has 1 fully saturated rings. The second-order valence-corrected chi connectivity index (χ2v) is 6.40. The molecule has 2 heterocycles.